The molecule has 0 radical (unpaired) electrons. The molecule has 2 heterocycles. The second kappa shape index (κ2) is 7.40. The molecule has 0 aliphatic carbocycles. The molecule has 9 heteroatoms. The molecule has 0 unspecified atom stereocenters. The minimum absolute atomic E-state index is 0.256. The summed E-state index contributed by atoms with van der Waals surface area (Å²) < 4.78 is 53.3. The summed E-state index contributed by atoms with van der Waals surface area (Å²) in [6, 6.07) is 16.0. The van der Waals surface area contributed by atoms with Crippen molar-refractivity contribution in [3.63, 3.8) is 0 Å². The van der Waals surface area contributed by atoms with Gasteiger partial charge in [0.1, 0.15) is 5.82 Å². The average Bonchev–Trinajstić information content (AvgIpc) is 2.89. The van der Waals surface area contributed by atoms with Crippen molar-refractivity contribution in [3.05, 3.63) is 65.7 Å². The number of para-hydroxylation sites is 1. The van der Waals surface area contributed by atoms with Crippen molar-refractivity contribution in [2.75, 3.05) is 24.1 Å². The number of nitrogens with zero attached hydrogens (tertiary/aromatic N) is 2. The van der Waals surface area contributed by atoms with Crippen molar-refractivity contribution in [2.24, 2.45) is 0 Å². The molecule has 152 valence electrons. The van der Waals surface area contributed by atoms with Gasteiger partial charge in [0.2, 0.25) is 0 Å². The van der Waals surface area contributed by atoms with Crippen LogP contribution in [0.5, 0.6) is 0 Å². The highest BCUT2D eigenvalue weighted by molar-refractivity contribution is 7.90. The molecule has 0 fully saturated rings. The van der Waals surface area contributed by atoms with Gasteiger partial charge in [0, 0.05) is 24.7 Å². The van der Waals surface area contributed by atoms with Crippen LogP contribution in [0.4, 0.5) is 5.82 Å². The second-order valence-electron chi connectivity index (χ2n) is 7.10. The van der Waals surface area contributed by atoms with Crippen LogP contribution in [0.25, 0.3) is 10.9 Å². The third kappa shape index (κ3) is 4.26. The smallest absolute Gasteiger partial charge is 0.254 e. The molecule has 2 aromatic carbocycles. The predicted octanol–water partition coefficient (Wildman–Crippen LogP) is 2.40. The Bertz CT molecular complexity index is 1290. The van der Waals surface area contributed by atoms with Gasteiger partial charge in [-0.15, -0.1) is 0 Å². The Kier molecular flexibility index (Phi) is 5.05. The number of fused-ring (bicyclic) bond motifs is 2. The molecule has 7 nitrogen and oxygen atoms in total. The van der Waals surface area contributed by atoms with E-state index in [-0.39, 0.29) is 17.3 Å². The summed E-state index contributed by atoms with van der Waals surface area (Å²) in [5.41, 5.74) is 2.55. The summed E-state index contributed by atoms with van der Waals surface area (Å²) in [4.78, 5) is 4.63. The molecule has 0 saturated heterocycles. The fraction of sp³-hybridized carbons (Fsp3) is 0.250. The van der Waals surface area contributed by atoms with Gasteiger partial charge in [-0.1, -0.05) is 24.3 Å². The molecule has 29 heavy (non-hydrogen) atoms. The highest BCUT2D eigenvalue weighted by Gasteiger charge is 2.25. The Morgan fingerprint density at radius 2 is 1.62 bits per heavy atom. The normalized spacial score (nSPS) is 15.6. The molecule has 3 aromatic rings. The Morgan fingerprint density at radius 1 is 0.897 bits per heavy atom. The SMILES string of the molecule is CS(=O)(=O)c1ccc2c(c1)CCN(S(=O)(=O)Nc1ccc3ccccc3n1)CC2. The fourth-order valence-electron chi connectivity index (χ4n) is 3.47. The van der Waals surface area contributed by atoms with E-state index in [1.165, 1.54) is 10.6 Å². The summed E-state index contributed by atoms with van der Waals surface area (Å²) >= 11 is 0. The van der Waals surface area contributed by atoms with Gasteiger partial charge in [-0.05, 0) is 54.3 Å². The van der Waals surface area contributed by atoms with Gasteiger partial charge in [-0.25, -0.2) is 13.4 Å². The number of rotatable bonds is 4. The summed E-state index contributed by atoms with van der Waals surface area (Å²) in [6.07, 6.45) is 2.14. The lowest BCUT2D eigenvalue weighted by atomic mass is 10.0. The number of pyridine rings is 1. The first-order valence-corrected chi connectivity index (χ1v) is 12.5. The molecular formula is C20H21N3O4S2. The van der Waals surface area contributed by atoms with Gasteiger partial charge in [-0.2, -0.15) is 12.7 Å². The maximum Gasteiger partial charge on any atom is 0.302 e. The van der Waals surface area contributed by atoms with E-state index < -0.39 is 20.0 Å². The maximum absolute atomic E-state index is 12.9. The largest absolute Gasteiger partial charge is 0.302 e. The van der Waals surface area contributed by atoms with E-state index in [1.54, 1.807) is 24.3 Å². The van der Waals surface area contributed by atoms with Crippen molar-refractivity contribution < 1.29 is 16.8 Å². The minimum atomic E-state index is -3.78. The van der Waals surface area contributed by atoms with Crippen LogP contribution in [0.15, 0.2) is 59.5 Å². The highest BCUT2D eigenvalue weighted by atomic mass is 32.2. The van der Waals surface area contributed by atoms with E-state index in [9.17, 15) is 16.8 Å². The number of benzene rings is 2. The molecule has 1 aromatic heterocycles. The molecule has 0 saturated carbocycles. The van der Waals surface area contributed by atoms with Crippen LogP contribution >= 0.6 is 0 Å². The monoisotopic (exact) mass is 431 g/mol. The lowest BCUT2D eigenvalue weighted by Gasteiger charge is -2.20. The summed E-state index contributed by atoms with van der Waals surface area (Å²) in [6.45, 7) is 0.581. The minimum Gasteiger partial charge on any atom is -0.254 e. The Labute approximate surface area is 170 Å². The zero-order chi connectivity index (χ0) is 20.6. The van der Waals surface area contributed by atoms with Crippen molar-refractivity contribution >= 4 is 36.8 Å². The average molecular weight is 432 g/mol. The molecular weight excluding hydrogens is 410 g/mol. The van der Waals surface area contributed by atoms with Crippen LogP contribution < -0.4 is 4.72 Å². The van der Waals surface area contributed by atoms with Crippen molar-refractivity contribution in [1.29, 1.82) is 0 Å². The number of anilines is 1. The van der Waals surface area contributed by atoms with Gasteiger partial charge in [-0.3, -0.25) is 4.72 Å². The first-order chi connectivity index (χ1) is 13.7. The third-order valence-electron chi connectivity index (χ3n) is 5.04. The van der Waals surface area contributed by atoms with Crippen molar-refractivity contribution in [3.8, 4) is 0 Å². The molecule has 0 bridgehead atoms. The van der Waals surface area contributed by atoms with E-state index in [4.69, 9.17) is 0 Å². The number of hydrogen-bond acceptors (Lipinski definition) is 5. The molecule has 1 aliphatic heterocycles. The lowest BCUT2D eigenvalue weighted by molar-refractivity contribution is 0.430. The zero-order valence-electron chi connectivity index (χ0n) is 15.9. The highest BCUT2D eigenvalue weighted by Crippen LogP contribution is 2.22. The molecule has 1 aliphatic rings. The van der Waals surface area contributed by atoms with E-state index in [1.807, 2.05) is 30.3 Å². The first kappa shape index (κ1) is 19.8. The summed E-state index contributed by atoms with van der Waals surface area (Å²) in [5, 5.41) is 0.933. The van der Waals surface area contributed by atoms with Crippen molar-refractivity contribution in [1.82, 2.24) is 9.29 Å². The number of sulfone groups is 1. The van der Waals surface area contributed by atoms with Crippen LogP contribution in [0.1, 0.15) is 11.1 Å². The van der Waals surface area contributed by atoms with Gasteiger partial charge in [0.15, 0.2) is 9.84 Å². The summed E-state index contributed by atoms with van der Waals surface area (Å²) in [7, 11) is -7.08. The number of nitrogens with one attached hydrogen (secondary N) is 1. The van der Waals surface area contributed by atoms with E-state index >= 15 is 0 Å². The van der Waals surface area contributed by atoms with Gasteiger partial charge in [0.05, 0.1) is 10.4 Å². The Morgan fingerprint density at radius 3 is 2.38 bits per heavy atom. The zero-order valence-corrected chi connectivity index (χ0v) is 17.5. The standard InChI is InChI=1S/C20H21N3O4S2/c1-28(24,25)18-8-6-15-10-12-23(13-11-17(15)14-18)29(26,27)22-20-9-7-16-4-2-3-5-19(16)21-20/h2-9,14H,10-13H2,1H3,(H,21,22). The van der Waals surface area contributed by atoms with Crippen LogP contribution in [-0.2, 0) is 32.9 Å². The number of hydrogen-bond donors (Lipinski definition) is 1. The van der Waals surface area contributed by atoms with Gasteiger partial charge < -0.3 is 0 Å². The van der Waals surface area contributed by atoms with Gasteiger partial charge in [0.25, 0.3) is 0 Å². The van der Waals surface area contributed by atoms with Crippen LogP contribution in [-0.4, -0.2) is 45.5 Å². The molecule has 0 amide bonds. The fourth-order valence-corrected chi connectivity index (χ4v) is 5.31. The van der Waals surface area contributed by atoms with Crippen molar-refractivity contribution in [2.45, 2.75) is 17.7 Å². The topological polar surface area (TPSA) is 96.4 Å². The van der Waals surface area contributed by atoms with E-state index in [0.29, 0.717) is 24.9 Å². The quantitative estimate of drug-likeness (QED) is 0.684. The van der Waals surface area contributed by atoms with Crippen LogP contribution in [0.2, 0.25) is 0 Å². The van der Waals surface area contributed by atoms with Gasteiger partial charge >= 0.3 is 10.2 Å². The lowest BCUT2D eigenvalue weighted by Crippen LogP contribution is -2.37. The van der Waals surface area contributed by atoms with E-state index in [2.05, 4.69) is 9.71 Å². The molecule has 4 rings (SSSR count). The third-order valence-corrected chi connectivity index (χ3v) is 7.66. The first-order valence-electron chi connectivity index (χ1n) is 9.18. The maximum atomic E-state index is 12.9. The Balaban J connectivity index is 1.54. The van der Waals surface area contributed by atoms with E-state index in [0.717, 1.165) is 16.5 Å². The summed E-state index contributed by atoms with van der Waals surface area (Å²) in [5.74, 6) is 0.268. The predicted molar refractivity (Wildman–Crippen MR) is 113 cm³/mol. The molecule has 0 spiro atoms. The van der Waals surface area contributed by atoms with Crippen LogP contribution in [0.3, 0.4) is 0 Å². The second-order valence-corrected chi connectivity index (χ2v) is 10.8. The molecule has 0 atom stereocenters. The molecule has 1 N–H and O–H groups in total. The number of aromatic nitrogens is 1. The Hall–Kier alpha value is -2.49. The van der Waals surface area contributed by atoms with Crippen LogP contribution in [0, 0.1) is 0 Å².